The molecule has 21 heavy (non-hydrogen) atoms. The number of esters is 1. The molecule has 0 aromatic heterocycles. The molecule has 0 aliphatic heterocycles. The van der Waals surface area contributed by atoms with Gasteiger partial charge in [0.05, 0.1) is 18.6 Å². The lowest BCUT2D eigenvalue weighted by molar-refractivity contribution is -0.385. The minimum Gasteiger partial charge on any atom is -0.490 e. The molecule has 0 bridgehead atoms. The Morgan fingerprint density at radius 1 is 1.57 bits per heavy atom. The van der Waals surface area contributed by atoms with Gasteiger partial charge in [-0.2, -0.15) is 5.26 Å². The minimum absolute atomic E-state index is 0.0630. The van der Waals surface area contributed by atoms with Crippen molar-refractivity contribution in [1.82, 2.24) is 0 Å². The summed E-state index contributed by atoms with van der Waals surface area (Å²) in [6.07, 6.45) is 1.17. The summed E-state index contributed by atoms with van der Waals surface area (Å²) in [5, 5.41) is 22.3. The summed E-state index contributed by atoms with van der Waals surface area (Å²) < 4.78 is 9.60. The highest BCUT2D eigenvalue weighted by molar-refractivity contribution is 5.93. The van der Waals surface area contributed by atoms with Gasteiger partial charge in [0.25, 0.3) is 0 Å². The molecule has 1 N–H and O–H groups in total. The third-order valence-corrected chi connectivity index (χ3v) is 2.38. The van der Waals surface area contributed by atoms with E-state index in [4.69, 9.17) is 14.7 Å². The van der Waals surface area contributed by atoms with Crippen LogP contribution in [0.4, 0.5) is 11.4 Å². The first-order valence-electron chi connectivity index (χ1n) is 5.89. The van der Waals surface area contributed by atoms with Gasteiger partial charge in [-0.05, 0) is 13.0 Å². The fourth-order valence-corrected chi connectivity index (χ4v) is 1.42. The average Bonchev–Trinajstić information content (AvgIpc) is 2.47. The highest BCUT2D eigenvalue weighted by Crippen LogP contribution is 2.29. The maximum atomic E-state index is 11.4. The molecule has 0 aliphatic carbocycles. The van der Waals surface area contributed by atoms with Crippen LogP contribution in [0.1, 0.15) is 6.92 Å². The molecule has 0 fully saturated rings. The highest BCUT2D eigenvalue weighted by Gasteiger charge is 2.15. The van der Waals surface area contributed by atoms with E-state index in [-0.39, 0.29) is 23.6 Å². The summed E-state index contributed by atoms with van der Waals surface area (Å²) >= 11 is 0. The number of nitro groups is 1. The SMILES string of the molecule is CCOC(=O)/C(C#N)=C/Nc1ccc([N+](=O)[O-])c(OC)c1. The zero-order chi connectivity index (χ0) is 15.8. The lowest BCUT2D eigenvalue weighted by Crippen LogP contribution is -2.08. The summed E-state index contributed by atoms with van der Waals surface area (Å²) in [7, 11) is 1.31. The second-order valence-corrected chi connectivity index (χ2v) is 3.68. The quantitative estimate of drug-likeness (QED) is 0.280. The Morgan fingerprint density at radius 3 is 2.81 bits per heavy atom. The second kappa shape index (κ2) is 7.49. The molecule has 8 heteroatoms. The second-order valence-electron chi connectivity index (χ2n) is 3.68. The van der Waals surface area contributed by atoms with Crippen LogP contribution in [0.3, 0.4) is 0 Å². The van der Waals surface area contributed by atoms with Crippen LogP contribution >= 0.6 is 0 Å². The van der Waals surface area contributed by atoms with Crippen molar-refractivity contribution in [2.75, 3.05) is 19.0 Å². The number of ether oxygens (including phenoxy) is 2. The van der Waals surface area contributed by atoms with Crippen molar-refractivity contribution in [3.63, 3.8) is 0 Å². The zero-order valence-corrected chi connectivity index (χ0v) is 11.5. The van der Waals surface area contributed by atoms with Gasteiger partial charge in [-0.15, -0.1) is 0 Å². The van der Waals surface area contributed by atoms with Crippen LogP contribution in [0, 0.1) is 21.4 Å². The van der Waals surface area contributed by atoms with Gasteiger partial charge < -0.3 is 14.8 Å². The fraction of sp³-hybridized carbons (Fsp3) is 0.231. The smallest absolute Gasteiger partial charge is 0.350 e. The summed E-state index contributed by atoms with van der Waals surface area (Å²) in [6, 6.07) is 5.77. The van der Waals surface area contributed by atoms with Crippen LogP contribution in [0.5, 0.6) is 5.75 Å². The molecule has 0 amide bonds. The van der Waals surface area contributed by atoms with E-state index in [1.807, 2.05) is 0 Å². The Hall–Kier alpha value is -3.08. The van der Waals surface area contributed by atoms with Crippen LogP contribution in [0.25, 0.3) is 0 Å². The van der Waals surface area contributed by atoms with E-state index < -0.39 is 10.9 Å². The Kier molecular flexibility index (Phi) is 5.70. The van der Waals surface area contributed by atoms with Crippen LogP contribution in [0.15, 0.2) is 30.0 Å². The number of nitriles is 1. The number of hydrogen-bond donors (Lipinski definition) is 1. The molecule has 110 valence electrons. The molecular weight excluding hydrogens is 278 g/mol. The monoisotopic (exact) mass is 291 g/mol. The fourth-order valence-electron chi connectivity index (χ4n) is 1.42. The number of carbonyl (C=O) groups excluding carboxylic acids is 1. The van der Waals surface area contributed by atoms with E-state index in [1.54, 1.807) is 13.0 Å². The topological polar surface area (TPSA) is 114 Å². The first-order valence-corrected chi connectivity index (χ1v) is 5.89. The van der Waals surface area contributed by atoms with Crippen molar-refractivity contribution in [2.45, 2.75) is 6.92 Å². The summed E-state index contributed by atoms with van der Waals surface area (Å²) in [6.45, 7) is 1.78. The van der Waals surface area contributed by atoms with Gasteiger partial charge >= 0.3 is 11.7 Å². The number of nitrogens with one attached hydrogen (secondary N) is 1. The van der Waals surface area contributed by atoms with Gasteiger partial charge in [-0.25, -0.2) is 4.79 Å². The zero-order valence-electron chi connectivity index (χ0n) is 11.5. The average molecular weight is 291 g/mol. The Bertz CT molecular complexity index is 619. The third kappa shape index (κ3) is 4.21. The molecule has 0 saturated heterocycles. The lowest BCUT2D eigenvalue weighted by atomic mass is 10.2. The number of anilines is 1. The van der Waals surface area contributed by atoms with E-state index >= 15 is 0 Å². The van der Waals surface area contributed by atoms with Crippen LogP contribution in [-0.4, -0.2) is 24.6 Å². The predicted molar refractivity (Wildman–Crippen MR) is 73.6 cm³/mol. The van der Waals surface area contributed by atoms with Gasteiger partial charge in [0.2, 0.25) is 0 Å². The number of rotatable bonds is 6. The summed E-state index contributed by atoms with van der Waals surface area (Å²) in [5.41, 5.74) is 0.0293. The molecule has 8 nitrogen and oxygen atoms in total. The molecule has 0 radical (unpaired) electrons. The first kappa shape index (κ1) is 16.0. The van der Waals surface area contributed by atoms with Crippen molar-refractivity contribution in [3.05, 3.63) is 40.1 Å². The lowest BCUT2D eigenvalue weighted by Gasteiger charge is -2.06. The van der Waals surface area contributed by atoms with E-state index in [2.05, 4.69) is 5.32 Å². The number of hydrogen-bond acceptors (Lipinski definition) is 7. The van der Waals surface area contributed by atoms with Crippen LogP contribution in [0.2, 0.25) is 0 Å². The maximum absolute atomic E-state index is 11.4. The van der Waals surface area contributed by atoms with Crippen molar-refractivity contribution < 1.29 is 19.2 Å². The number of nitrogens with zero attached hydrogens (tertiary/aromatic N) is 2. The molecule has 0 heterocycles. The van der Waals surface area contributed by atoms with Crippen molar-refractivity contribution in [2.24, 2.45) is 0 Å². The molecule has 0 aliphatic rings. The van der Waals surface area contributed by atoms with Gasteiger partial charge in [0.1, 0.15) is 6.07 Å². The third-order valence-electron chi connectivity index (χ3n) is 2.38. The molecular formula is C13H13N3O5. The number of benzene rings is 1. The first-order chi connectivity index (χ1) is 10.0. The van der Waals surface area contributed by atoms with Crippen LogP contribution < -0.4 is 10.1 Å². The Labute approximate surface area is 120 Å². The number of carbonyl (C=O) groups is 1. The van der Waals surface area contributed by atoms with E-state index in [0.29, 0.717) is 5.69 Å². The minimum atomic E-state index is -0.749. The largest absolute Gasteiger partial charge is 0.490 e. The molecule has 0 atom stereocenters. The van der Waals surface area contributed by atoms with Crippen LogP contribution in [-0.2, 0) is 9.53 Å². The normalized spacial score (nSPS) is 10.4. The molecule has 1 aromatic rings. The maximum Gasteiger partial charge on any atom is 0.350 e. The van der Waals surface area contributed by atoms with Crippen molar-refractivity contribution >= 4 is 17.3 Å². The van der Waals surface area contributed by atoms with Gasteiger partial charge in [0, 0.05) is 24.0 Å². The summed E-state index contributed by atoms with van der Waals surface area (Å²) in [4.78, 5) is 21.6. The Morgan fingerprint density at radius 2 is 2.29 bits per heavy atom. The van der Waals surface area contributed by atoms with E-state index in [9.17, 15) is 14.9 Å². The summed E-state index contributed by atoms with van der Waals surface area (Å²) in [5.74, 6) is -0.686. The van der Waals surface area contributed by atoms with Crippen molar-refractivity contribution in [3.8, 4) is 11.8 Å². The Balaban J connectivity index is 2.96. The highest BCUT2D eigenvalue weighted by atomic mass is 16.6. The molecule has 0 unspecified atom stereocenters. The number of methoxy groups -OCH3 is 1. The van der Waals surface area contributed by atoms with Crippen molar-refractivity contribution in [1.29, 1.82) is 5.26 Å². The standard InChI is InChI=1S/C13H13N3O5/c1-3-21-13(17)9(7-14)8-15-10-4-5-11(16(18)19)12(6-10)20-2/h4-6,8,15H,3H2,1-2H3/b9-8+. The van der Waals surface area contributed by atoms with Gasteiger partial charge in [-0.1, -0.05) is 0 Å². The van der Waals surface area contributed by atoms with E-state index in [1.165, 1.54) is 31.5 Å². The van der Waals surface area contributed by atoms with Gasteiger partial charge in [0.15, 0.2) is 11.3 Å². The molecule has 0 spiro atoms. The molecule has 1 rings (SSSR count). The number of nitro benzene ring substituents is 1. The van der Waals surface area contributed by atoms with E-state index in [0.717, 1.165) is 0 Å². The predicted octanol–water partition coefficient (Wildman–Crippen LogP) is 1.99. The van der Waals surface area contributed by atoms with Gasteiger partial charge in [-0.3, -0.25) is 10.1 Å². The molecule has 0 saturated carbocycles. The molecule has 1 aromatic carbocycles.